The molecule has 0 aliphatic carbocycles. The number of nitrogens with zero attached hydrogens (tertiary/aromatic N) is 1. The van der Waals surface area contributed by atoms with Gasteiger partial charge in [0.05, 0.1) is 7.11 Å². The van der Waals surface area contributed by atoms with Gasteiger partial charge in [-0.1, -0.05) is 5.16 Å². The summed E-state index contributed by atoms with van der Waals surface area (Å²) in [6.07, 6.45) is 9.44. The molecule has 4 nitrogen and oxygen atoms in total. The molecule has 4 heteroatoms. The van der Waals surface area contributed by atoms with Gasteiger partial charge < -0.3 is 9.57 Å². The number of hydrogen-bond donors (Lipinski definition) is 0. The number of allylic oxidation sites excluding steroid dienone is 1. The van der Waals surface area contributed by atoms with E-state index < -0.39 is 5.97 Å². The summed E-state index contributed by atoms with van der Waals surface area (Å²) in [6, 6.07) is 0. The predicted octanol–water partition coefficient (Wildman–Crippen LogP) is 0.945. The molecule has 0 atom stereocenters. The number of ether oxygens (including phenoxy) is 1. The molecule has 0 aliphatic rings. The molecule has 0 saturated heterocycles. The molecule has 0 N–H and O–H groups in total. The third kappa shape index (κ3) is 5.06. The van der Waals surface area contributed by atoms with Crippen molar-refractivity contribution in [3.8, 4) is 12.8 Å². The Labute approximate surface area is 71.8 Å². The maximum absolute atomic E-state index is 10.6. The van der Waals surface area contributed by atoms with Crippen molar-refractivity contribution in [3.63, 3.8) is 0 Å². The zero-order valence-electron chi connectivity index (χ0n) is 7.11. The summed E-state index contributed by atoms with van der Waals surface area (Å²) in [5.41, 5.74) is 0. The molecule has 0 saturated carbocycles. The lowest BCUT2D eigenvalue weighted by Crippen LogP contribution is -2.05. The van der Waals surface area contributed by atoms with Gasteiger partial charge in [0.15, 0.2) is 0 Å². The summed E-state index contributed by atoms with van der Waals surface area (Å²) >= 11 is 0. The molecule has 0 bridgehead atoms. The van der Waals surface area contributed by atoms with Crippen LogP contribution in [0.2, 0.25) is 0 Å². The Morgan fingerprint density at radius 3 is 2.33 bits per heavy atom. The van der Waals surface area contributed by atoms with Gasteiger partial charge in [0.2, 0.25) is 5.76 Å². The Hall–Kier alpha value is -1.76. The van der Waals surface area contributed by atoms with Crippen LogP contribution in [0.15, 0.2) is 17.0 Å². The normalized spacial score (nSPS) is 8.83. The van der Waals surface area contributed by atoms with Crippen LogP contribution in [0.3, 0.4) is 0 Å². The molecule has 0 aromatic carbocycles. The fourth-order valence-electron chi connectivity index (χ4n) is 0.378. The van der Waals surface area contributed by atoms with Crippen LogP contribution in [0.1, 0.15) is 6.92 Å². The average Bonchev–Trinajstić information content (AvgIpc) is 2.16. The monoisotopic (exact) mass is 169 g/mol. The molecular formula is C8H11NO3. The lowest BCUT2D eigenvalue weighted by atomic mass is 10.5. The molecule has 66 valence electrons. The van der Waals surface area contributed by atoms with E-state index in [-0.39, 0.29) is 5.76 Å². The number of hydrogen-bond acceptors (Lipinski definition) is 4. The molecule has 0 radical (unpaired) electrons. The molecule has 0 aliphatic heterocycles. The molecule has 12 heavy (non-hydrogen) atoms. The lowest BCUT2D eigenvalue weighted by Gasteiger charge is -1.98. The Morgan fingerprint density at radius 1 is 1.58 bits per heavy atom. The van der Waals surface area contributed by atoms with E-state index in [1.807, 2.05) is 0 Å². The van der Waals surface area contributed by atoms with E-state index in [1.165, 1.54) is 13.2 Å². The van der Waals surface area contributed by atoms with Gasteiger partial charge in [-0.15, -0.1) is 12.8 Å². The van der Waals surface area contributed by atoms with Gasteiger partial charge in [-0.2, -0.15) is 0 Å². The Balaban J connectivity index is 0. The minimum absolute atomic E-state index is 0.0394. The van der Waals surface area contributed by atoms with Crippen molar-refractivity contribution in [2.75, 3.05) is 7.11 Å². The van der Waals surface area contributed by atoms with E-state index in [9.17, 15) is 4.79 Å². The first kappa shape index (κ1) is 12.9. The second-order valence-corrected chi connectivity index (χ2v) is 1.36. The van der Waals surface area contributed by atoms with E-state index in [0.717, 1.165) is 0 Å². The van der Waals surface area contributed by atoms with Gasteiger partial charge in [-0.25, -0.2) is 4.79 Å². The Bertz CT molecular complexity index is 194. The molecule has 0 spiro atoms. The van der Waals surface area contributed by atoms with Crippen LogP contribution in [-0.2, 0) is 14.4 Å². The highest BCUT2D eigenvalue weighted by atomic mass is 16.7. The minimum Gasteiger partial charge on any atom is -0.463 e. The Morgan fingerprint density at radius 2 is 2.08 bits per heavy atom. The number of rotatable bonds is 3. The zero-order valence-corrected chi connectivity index (χ0v) is 7.11. The van der Waals surface area contributed by atoms with Gasteiger partial charge in [-0.3, -0.25) is 0 Å². The van der Waals surface area contributed by atoms with Crippen LogP contribution in [0.4, 0.5) is 0 Å². The number of terminal acetylenes is 1. The summed E-state index contributed by atoms with van der Waals surface area (Å²) in [7, 11) is 1.26. The van der Waals surface area contributed by atoms with Crippen molar-refractivity contribution in [1.82, 2.24) is 0 Å². The van der Waals surface area contributed by atoms with Crippen molar-refractivity contribution in [2.45, 2.75) is 6.92 Å². The van der Waals surface area contributed by atoms with Gasteiger partial charge in [0.1, 0.15) is 0 Å². The predicted molar refractivity (Wildman–Crippen MR) is 46.3 cm³/mol. The minimum atomic E-state index is -0.560. The van der Waals surface area contributed by atoms with Gasteiger partial charge in [0, 0.05) is 6.72 Å². The van der Waals surface area contributed by atoms with Crippen molar-refractivity contribution in [3.05, 3.63) is 11.8 Å². The average molecular weight is 169 g/mol. The molecule has 0 aromatic heterocycles. The van der Waals surface area contributed by atoms with Crippen molar-refractivity contribution in [2.24, 2.45) is 5.16 Å². The van der Waals surface area contributed by atoms with E-state index in [4.69, 9.17) is 0 Å². The summed E-state index contributed by atoms with van der Waals surface area (Å²) in [5.74, 6) is -0.521. The standard InChI is InChI=1S/C6H9NO3.C2H2/c1-4-5(10-7-2)6(8)9-3;1-2/h4H,2H2,1,3H3;1-2H/b5-4-;. The second-order valence-electron chi connectivity index (χ2n) is 1.36. The first-order valence-electron chi connectivity index (χ1n) is 2.97. The highest BCUT2D eigenvalue weighted by Crippen LogP contribution is 1.98. The molecule has 0 heterocycles. The number of methoxy groups -OCH3 is 1. The fraction of sp³-hybridized carbons (Fsp3) is 0.250. The zero-order chi connectivity index (χ0) is 9.98. The third-order valence-electron chi connectivity index (χ3n) is 0.812. The van der Waals surface area contributed by atoms with Crippen LogP contribution < -0.4 is 0 Å². The van der Waals surface area contributed by atoms with Crippen LogP contribution >= 0.6 is 0 Å². The summed E-state index contributed by atoms with van der Waals surface area (Å²) in [6.45, 7) is 4.68. The molecule has 0 amide bonds. The second kappa shape index (κ2) is 9.24. The van der Waals surface area contributed by atoms with E-state index in [1.54, 1.807) is 6.92 Å². The molecule has 0 rings (SSSR count). The van der Waals surface area contributed by atoms with E-state index >= 15 is 0 Å². The van der Waals surface area contributed by atoms with Gasteiger partial charge in [0.25, 0.3) is 0 Å². The van der Waals surface area contributed by atoms with Gasteiger partial charge in [-0.05, 0) is 13.0 Å². The third-order valence-corrected chi connectivity index (χ3v) is 0.812. The summed E-state index contributed by atoms with van der Waals surface area (Å²) < 4.78 is 4.34. The van der Waals surface area contributed by atoms with Crippen LogP contribution in [0.5, 0.6) is 0 Å². The summed E-state index contributed by atoms with van der Waals surface area (Å²) in [4.78, 5) is 15.1. The highest BCUT2D eigenvalue weighted by Gasteiger charge is 2.08. The molecular weight excluding hydrogens is 158 g/mol. The summed E-state index contributed by atoms with van der Waals surface area (Å²) in [5, 5.41) is 3.06. The topological polar surface area (TPSA) is 47.9 Å². The molecule has 0 unspecified atom stereocenters. The smallest absolute Gasteiger partial charge is 0.376 e. The largest absolute Gasteiger partial charge is 0.463 e. The van der Waals surface area contributed by atoms with Crippen molar-refractivity contribution in [1.29, 1.82) is 0 Å². The number of oxime groups is 1. The quantitative estimate of drug-likeness (QED) is 0.158. The first-order valence-corrected chi connectivity index (χ1v) is 2.97. The van der Waals surface area contributed by atoms with Crippen LogP contribution in [-0.4, -0.2) is 19.8 Å². The highest BCUT2D eigenvalue weighted by molar-refractivity contribution is 5.85. The fourth-order valence-corrected chi connectivity index (χ4v) is 0.378. The SMILES string of the molecule is C#C.C=NO/C(=C\C)C(=O)OC. The first-order chi connectivity index (χ1) is 5.76. The number of carbonyl (C=O) groups excluding carboxylic acids is 1. The molecule has 0 fully saturated rings. The van der Waals surface area contributed by atoms with Crippen LogP contribution in [0.25, 0.3) is 0 Å². The van der Waals surface area contributed by atoms with Gasteiger partial charge >= 0.3 is 5.97 Å². The van der Waals surface area contributed by atoms with E-state index in [2.05, 4.69) is 34.3 Å². The lowest BCUT2D eigenvalue weighted by molar-refractivity contribution is -0.140. The van der Waals surface area contributed by atoms with E-state index in [0.29, 0.717) is 0 Å². The van der Waals surface area contributed by atoms with Crippen molar-refractivity contribution >= 4 is 12.7 Å². The Kier molecular flexibility index (Phi) is 9.91. The number of esters is 1. The maximum atomic E-state index is 10.6. The van der Waals surface area contributed by atoms with Crippen molar-refractivity contribution < 1.29 is 14.4 Å². The maximum Gasteiger partial charge on any atom is 0.376 e. The molecule has 0 aromatic rings. The van der Waals surface area contributed by atoms with Crippen LogP contribution in [0, 0.1) is 12.8 Å². The number of carbonyl (C=O) groups is 1.